The van der Waals surface area contributed by atoms with Crippen LogP contribution in [0.25, 0.3) is 0 Å². The lowest BCUT2D eigenvalue weighted by Gasteiger charge is -2.12. The van der Waals surface area contributed by atoms with Gasteiger partial charge in [0.05, 0.1) is 11.4 Å². The van der Waals surface area contributed by atoms with Gasteiger partial charge in [-0.1, -0.05) is 0 Å². The first-order valence-electron chi connectivity index (χ1n) is 5.15. The minimum absolute atomic E-state index is 0.0700. The molecule has 78 valence electrons. The first-order chi connectivity index (χ1) is 6.74. The van der Waals surface area contributed by atoms with Crippen LogP contribution in [-0.4, -0.2) is 21.5 Å². The van der Waals surface area contributed by atoms with Gasteiger partial charge in [0.1, 0.15) is 0 Å². The molecule has 0 amide bonds. The zero-order valence-electron chi connectivity index (χ0n) is 8.53. The number of hydrogen-bond donors (Lipinski definition) is 2. The van der Waals surface area contributed by atoms with Crippen molar-refractivity contribution >= 4 is 0 Å². The Morgan fingerprint density at radius 2 is 2.36 bits per heavy atom. The van der Waals surface area contributed by atoms with Crippen molar-refractivity contribution in [3.8, 4) is 0 Å². The van der Waals surface area contributed by atoms with Crippen LogP contribution in [0.1, 0.15) is 35.8 Å². The van der Waals surface area contributed by atoms with Gasteiger partial charge in [0, 0.05) is 19.7 Å². The third-order valence-electron chi connectivity index (χ3n) is 2.91. The van der Waals surface area contributed by atoms with Crippen LogP contribution in [0.3, 0.4) is 0 Å². The van der Waals surface area contributed by atoms with Crippen LogP contribution in [0.2, 0.25) is 0 Å². The van der Waals surface area contributed by atoms with E-state index < -0.39 is 0 Å². The lowest BCUT2D eigenvalue weighted by molar-refractivity contribution is 0.274. The Balaban J connectivity index is 2.32. The highest BCUT2D eigenvalue weighted by atomic mass is 16.3. The number of aliphatic hydroxyl groups excluding tert-OH is 1. The van der Waals surface area contributed by atoms with Crippen LogP contribution in [0.15, 0.2) is 0 Å². The van der Waals surface area contributed by atoms with E-state index in [1.165, 1.54) is 17.7 Å². The van der Waals surface area contributed by atoms with Gasteiger partial charge in [0.25, 0.3) is 0 Å². The Morgan fingerprint density at radius 1 is 1.57 bits per heavy atom. The summed E-state index contributed by atoms with van der Waals surface area (Å²) < 4.78 is 1.88. The van der Waals surface area contributed by atoms with E-state index in [1.807, 2.05) is 11.7 Å². The summed E-state index contributed by atoms with van der Waals surface area (Å²) in [5.74, 6) is 0. The van der Waals surface area contributed by atoms with Crippen molar-refractivity contribution in [3.63, 3.8) is 0 Å². The van der Waals surface area contributed by atoms with Crippen LogP contribution >= 0.6 is 0 Å². The van der Waals surface area contributed by atoms with Gasteiger partial charge in [-0.15, -0.1) is 0 Å². The Kier molecular flexibility index (Phi) is 2.56. The zero-order chi connectivity index (χ0) is 10.1. The average molecular weight is 195 g/mol. The van der Waals surface area contributed by atoms with E-state index in [-0.39, 0.29) is 12.6 Å². The Bertz CT molecular complexity index is 332. The zero-order valence-corrected chi connectivity index (χ0v) is 8.53. The molecule has 1 aliphatic carbocycles. The Hall–Kier alpha value is -0.870. The fourth-order valence-corrected chi connectivity index (χ4v) is 2.28. The molecule has 1 aromatic rings. The summed E-state index contributed by atoms with van der Waals surface area (Å²) >= 11 is 0. The average Bonchev–Trinajstić information content (AvgIpc) is 2.63. The van der Waals surface area contributed by atoms with E-state index in [0.717, 1.165) is 18.5 Å². The molecule has 0 aliphatic heterocycles. The molecule has 0 saturated heterocycles. The molecule has 1 atom stereocenters. The van der Waals surface area contributed by atoms with Gasteiger partial charge in [-0.2, -0.15) is 5.10 Å². The summed E-state index contributed by atoms with van der Waals surface area (Å²) in [4.78, 5) is 0. The van der Waals surface area contributed by atoms with Gasteiger partial charge in [-0.25, -0.2) is 0 Å². The molecule has 1 unspecified atom stereocenters. The quantitative estimate of drug-likeness (QED) is 0.728. The highest BCUT2D eigenvalue weighted by Crippen LogP contribution is 2.28. The molecule has 0 aromatic carbocycles. The van der Waals surface area contributed by atoms with Crippen LogP contribution in [0, 0.1) is 0 Å². The van der Waals surface area contributed by atoms with Crippen LogP contribution in [0.4, 0.5) is 0 Å². The summed E-state index contributed by atoms with van der Waals surface area (Å²) in [6, 6.07) is -0.0700. The predicted molar refractivity (Wildman–Crippen MR) is 53.9 cm³/mol. The predicted octanol–water partition coefficient (Wildman–Crippen LogP) is 0.291. The molecule has 3 N–H and O–H groups in total. The summed E-state index contributed by atoms with van der Waals surface area (Å²) in [6.45, 7) is 0.140. The number of fused-ring (bicyclic) bond motifs is 1. The van der Waals surface area contributed by atoms with Crippen LogP contribution in [-0.2, 0) is 19.9 Å². The maximum Gasteiger partial charge on any atom is 0.0660 e. The van der Waals surface area contributed by atoms with Crippen molar-refractivity contribution in [2.45, 2.75) is 31.7 Å². The minimum atomic E-state index is -0.0700. The Morgan fingerprint density at radius 3 is 3.07 bits per heavy atom. The molecule has 0 fully saturated rings. The van der Waals surface area contributed by atoms with Crippen molar-refractivity contribution < 1.29 is 5.11 Å². The smallest absolute Gasteiger partial charge is 0.0660 e. The lowest BCUT2D eigenvalue weighted by Crippen LogP contribution is -2.17. The molecule has 0 spiro atoms. The number of aromatic nitrogens is 2. The second-order valence-electron chi connectivity index (χ2n) is 3.91. The number of aryl methyl sites for hydroxylation is 2. The molecular weight excluding hydrogens is 178 g/mol. The SMILES string of the molecule is Cn1nc2c(c1C(N)CCO)CCC2. The van der Waals surface area contributed by atoms with Gasteiger partial charge in [0.15, 0.2) is 0 Å². The molecule has 0 radical (unpaired) electrons. The van der Waals surface area contributed by atoms with Gasteiger partial charge in [-0.3, -0.25) is 4.68 Å². The van der Waals surface area contributed by atoms with E-state index >= 15 is 0 Å². The lowest BCUT2D eigenvalue weighted by atomic mass is 10.1. The highest BCUT2D eigenvalue weighted by molar-refractivity contribution is 5.32. The van der Waals surface area contributed by atoms with E-state index in [0.29, 0.717) is 6.42 Å². The first kappa shape index (κ1) is 9.68. The summed E-state index contributed by atoms with van der Waals surface area (Å²) in [5.41, 5.74) is 9.65. The fourth-order valence-electron chi connectivity index (χ4n) is 2.28. The standard InChI is InChI=1S/C10H17N3O/c1-13-10(8(11)5-6-14)7-3-2-4-9(7)12-13/h8,14H,2-6,11H2,1H3. The number of aliphatic hydroxyl groups is 1. The van der Waals surface area contributed by atoms with Crippen LogP contribution in [0.5, 0.6) is 0 Å². The minimum Gasteiger partial charge on any atom is -0.396 e. The van der Waals surface area contributed by atoms with Crippen molar-refractivity contribution in [2.24, 2.45) is 12.8 Å². The van der Waals surface area contributed by atoms with E-state index in [1.54, 1.807) is 0 Å². The number of nitrogens with two attached hydrogens (primary N) is 1. The molecular formula is C10H17N3O. The second-order valence-corrected chi connectivity index (χ2v) is 3.91. The molecule has 4 heteroatoms. The fraction of sp³-hybridized carbons (Fsp3) is 0.700. The molecule has 2 rings (SSSR count). The van der Waals surface area contributed by atoms with E-state index in [2.05, 4.69) is 5.10 Å². The van der Waals surface area contributed by atoms with Gasteiger partial charge in [0.2, 0.25) is 0 Å². The van der Waals surface area contributed by atoms with Crippen molar-refractivity contribution in [3.05, 3.63) is 17.0 Å². The van der Waals surface area contributed by atoms with Crippen molar-refractivity contribution in [2.75, 3.05) is 6.61 Å². The van der Waals surface area contributed by atoms with Crippen molar-refractivity contribution in [1.82, 2.24) is 9.78 Å². The third kappa shape index (κ3) is 1.44. The Labute approximate surface area is 83.7 Å². The monoisotopic (exact) mass is 195 g/mol. The van der Waals surface area contributed by atoms with Gasteiger partial charge < -0.3 is 10.8 Å². The second kappa shape index (κ2) is 3.71. The van der Waals surface area contributed by atoms with Gasteiger partial charge >= 0.3 is 0 Å². The normalized spacial score (nSPS) is 17.1. The van der Waals surface area contributed by atoms with Gasteiger partial charge in [-0.05, 0) is 31.2 Å². The molecule has 1 aliphatic rings. The maximum absolute atomic E-state index is 8.87. The molecule has 4 nitrogen and oxygen atoms in total. The van der Waals surface area contributed by atoms with E-state index in [9.17, 15) is 0 Å². The topological polar surface area (TPSA) is 64.1 Å². The first-order valence-corrected chi connectivity index (χ1v) is 5.15. The number of rotatable bonds is 3. The highest BCUT2D eigenvalue weighted by Gasteiger charge is 2.23. The van der Waals surface area contributed by atoms with E-state index in [4.69, 9.17) is 10.8 Å². The third-order valence-corrected chi connectivity index (χ3v) is 2.91. The number of nitrogens with zero attached hydrogens (tertiary/aromatic N) is 2. The molecule has 0 bridgehead atoms. The largest absolute Gasteiger partial charge is 0.396 e. The summed E-state index contributed by atoms with van der Waals surface area (Å²) in [6.07, 6.45) is 3.98. The maximum atomic E-state index is 8.87. The number of hydrogen-bond acceptors (Lipinski definition) is 3. The van der Waals surface area contributed by atoms with Crippen molar-refractivity contribution in [1.29, 1.82) is 0 Å². The molecule has 1 heterocycles. The molecule has 1 aromatic heterocycles. The summed E-state index contributed by atoms with van der Waals surface area (Å²) in [7, 11) is 1.94. The van der Waals surface area contributed by atoms with Crippen LogP contribution < -0.4 is 5.73 Å². The summed E-state index contributed by atoms with van der Waals surface area (Å²) in [5, 5.41) is 13.3. The molecule has 0 saturated carbocycles. The molecule has 14 heavy (non-hydrogen) atoms.